The molecule has 1 aliphatic heterocycles. The number of thiazole rings is 1. The van der Waals surface area contributed by atoms with E-state index in [0.29, 0.717) is 6.61 Å². The van der Waals surface area contributed by atoms with Crippen molar-refractivity contribution in [1.82, 2.24) is 15.2 Å². The number of benzene rings is 2. The summed E-state index contributed by atoms with van der Waals surface area (Å²) in [7, 11) is 0. The van der Waals surface area contributed by atoms with E-state index in [0.717, 1.165) is 53.3 Å². The molecule has 4 rings (SSSR count). The second kappa shape index (κ2) is 8.69. The lowest BCUT2D eigenvalue weighted by Crippen LogP contribution is -2.33. The van der Waals surface area contributed by atoms with Gasteiger partial charge in [-0.2, -0.15) is 0 Å². The molecule has 142 valence electrons. The van der Waals surface area contributed by atoms with E-state index in [-0.39, 0.29) is 6.04 Å². The van der Waals surface area contributed by atoms with E-state index in [1.807, 2.05) is 13.0 Å². The molecule has 1 atom stereocenters. The number of hydrogen-bond donors (Lipinski definition) is 1. The molecule has 2 aromatic carbocycles. The van der Waals surface area contributed by atoms with Gasteiger partial charge in [0.1, 0.15) is 10.8 Å². The fourth-order valence-corrected chi connectivity index (χ4v) is 5.14. The zero-order chi connectivity index (χ0) is 18.6. The van der Waals surface area contributed by atoms with Gasteiger partial charge >= 0.3 is 0 Å². The van der Waals surface area contributed by atoms with Gasteiger partial charge in [-0.3, -0.25) is 4.90 Å². The number of rotatable bonds is 5. The Hall–Kier alpha value is -1.47. The van der Waals surface area contributed by atoms with Crippen molar-refractivity contribution in [2.45, 2.75) is 19.4 Å². The third-order valence-corrected chi connectivity index (χ3v) is 6.43. The van der Waals surface area contributed by atoms with E-state index >= 15 is 0 Å². The lowest BCUT2D eigenvalue weighted by molar-refractivity contribution is 0.233. The molecule has 0 saturated carbocycles. The van der Waals surface area contributed by atoms with Crippen molar-refractivity contribution in [1.29, 1.82) is 0 Å². The van der Waals surface area contributed by atoms with Crippen LogP contribution in [0, 0.1) is 0 Å². The summed E-state index contributed by atoms with van der Waals surface area (Å²) in [4.78, 5) is 7.56. The maximum absolute atomic E-state index is 6.00. The Morgan fingerprint density at radius 2 is 2.11 bits per heavy atom. The highest BCUT2D eigenvalue weighted by molar-refractivity contribution is 9.10. The molecule has 0 bridgehead atoms. The topological polar surface area (TPSA) is 37.4 Å². The van der Waals surface area contributed by atoms with Crippen molar-refractivity contribution in [3.05, 3.63) is 57.5 Å². The summed E-state index contributed by atoms with van der Waals surface area (Å²) >= 11 is 5.45. The zero-order valence-corrected chi connectivity index (χ0v) is 17.9. The first-order valence-electron chi connectivity index (χ1n) is 9.48. The van der Waals surface area contributed by atoms with Crippen molar-refractivity contribution in [2.24, 2.45) is 0 Å². The van der Waals surface area contributed by atoms with Crippen molar-refractivity contribution in [2.75, 3.05) is 32.8 Å². The van der Waals surface area contributed by atoms with Crippen molar-refractivity contribution in [3.63, 3.8) is 0 Å². The number of para-hydroxylation sites is 1. The van der Waals surface area contributed by atoms with Crippen LogP contribution in [-0.4, -0.2) is 42.7 Å². The Bertz CT molecular complexity index is 872. The molecule has 1 unspecified atom stereocenters. The average molecular weight is 446 g/mol. The normalized spacial score (nSPS) is 17.0. The van der Waals surface area contributed by atoms with E-state index in [4.69, 9.17) is 9.72 Å². The predicted octanol–water partition coefficient (Wildman–Crippen LogP) is 4.84. The maximum Gasteiger partial charge on any atom is 0.124 e. The number of nitrogens with one attached hydrogen (secondary N) is 1. The van der Waals surface area contributed by atoms with E-state index in [2.05, 4.69) is 62.5 Å². The monoisotopic (exact) mass is 445 g/mol. The lowest BCUT2D eigenvalue weighted by atomic mass is 10.0. The molecule has 1 aromatic heterocycles. The number of fused-ring (bicyclic) bond motifs is 1. The summed E-state index contributed by atoms with van der Waals surface area (Å²) in [6.07, 6.45) is 1.14. The first kappa shape index (κ1) is 18.9. The van der Waals surface area contributed by atoms with Crippen LogP contribution in [0.5, 0.6) is 5.75 Å². The summed E-state index contributed by atoms with van der Waals surface area (Å²) in [5.74, 6) is 0.946. The minimum Gasteiger partial charge on any atom is -0.494 e. The minimum atomic E-state index is 0.0985. The standard InChI is InChI=1S/C21H24BrN3OS/c1-2-26-18-9-8-15(22)14-16(18)20(25-12-5-10-23-11-13-25)21-24-17-6-3-4-7-19(17)27-21/h3-4,6-9,14,20,23H,2,5,10-13H2,1H3. The van der Waals surface area contributed by atoms with Crippen LogP contribution in [0.25, 0.3) is 10.2 Å². The van der Waals surface area contributed by atoms with E-state index in [1.165, 1.54) is 10.3 Å². The molecule has 1 fully saturated rings. The van der Waals surface area contributed by atoms with E-state index < -0.39 is 0 Å². The van der Waals surface area contributed by atoms with Gasteiger partial charge in [0, 0.05) is 29.7 Å². The number of hydrogen-bond acceptors (Lipinski definition) is 5. The highest BCUT2D eigenvalue weighted by Gasteiger charge is 2.29. The molecular formula is C21H24BrN3OS. The van der Waals surface area contributed by atoms with Crippen LogP contribution in [0.15, 0.2) is 46.9 Å². The summed E-state index contributed by atoms with van der Waals surface area (Å²) in [5, 5.41) is 4.65. The van der Waals surface area contributed by atoms with Crippen molar-refractivity contribution < 1.29 is 4.74 Å². The minimum absolute atomic E-state index is 0.0985. The predicted molar refractivity (Wildman–Crippen MR) is 116 cm³/mol. The quantitative estimate of drug-likeness (QED) is 0.609. The summed E-state index contributed by atoms with van der Waals surface area (Å²) in [6, 6.07) is 14.8. The Labute approximate surface area is 172 Å². The lowest BCUT2D eigenvalue weighted by Gasteiger charge is -2.30. The van der Waals surface area contributed by atoms with Gasteiger partial charge in [-0.15, -0.1) is 11.3 Å². The molecule has 27 heavy (non-hydrogen) atoms. The van der Waals surface area contributed by atoms with Crippen LogP contribution in [-0.2, 0) is 0 Å². The molecule has 0 radical (unpaired) electrons. The second-order valence-electron chi connectivity index (χ2n) is 6.68. The number of halogens is 1. The molecule has 1 aliphatic rings. The van der Waals surface area contributed by atoms with Gasteiger partial charge in [0.2, 0.25) is 0 Å². The fourth-order valence-electron chi connectivity index (χ4n) is 3.64. The van der Waals surface area contributed by atoms with Crippen LogP contribution in [0.4, 0.5) is 0 Å². The van der Waals surface area contributed by atoms with Crippen LogP contribution < -0.4 is 10.1 Å². The molecule has 0 spiro atoms. The largest absolute Gasteiger partial charge is 0.494 e. The van der Waals surface area contributed by atoms with Gasteiger partial charge in [0.15, 0.2) is 0 Å². The first-order valence-corrected chi connectivity index (χ1v) is 11.1. The smallest absolute Gasteiger partial charge is 0.124 e. The Morgan fingerprint density at radius 3 is 2.96 bits per heavy atom. The number of nitrogens with zero attached hydrogens (tertiary/aromatic N) is 2. The van der Waals surface area contributed by atoms with Gasteiger partial charge in [-0.05, 0) is 50.2 Å². The van der Waals surface area contributed by atoms with Gasteiger partial charge in [-0.1, -0.05) is 28.1 Å². The summed E-state index contributed by atoms with van der Waals surface area (Å²) in [6.45, 7) is 6.81. The molecule has 0 amide bonds. The molecule has 1 N–H and O–H groups in total. The molecule has 6 heteroatoms. The molecule has 4 nitrogen and oxygen atoms in total. The summed E-state index contributed by atoms with van der Waals surface area (Å²) < 4.78 is 8.31. The summed E-state index contributed by atoms with van der Waals surface area (Å²) in [5.41, 5.74) is 2.26. The maximum atomic E-state index is 6.00. The fraction of sp³-hybridized carbons (Fsp3) is 0.381. The Kier molecular flexibility index (Phi) is 6.08. The number of ether oxygens (including phenoxy) is 1. The van der Waals surface area contributed by atoms with Crippen LogP contribution in [0.3, 0.4) is 0 Å². The Morgan fingerprint density at radius 1 is 1.22 bits per heavy atom. The molecule has 1 saturated heterocycles. The molecule has 2 heterocycles. The third-order valence-electron chi connectivity index (χ3n) is 4.85. The highest BCUT2D eigenvalue weighted by Crippen LogP contribution is 2.39. The first-order chi connectivity index (χ1) is 13.3. The van der Waals surface area contributed by atoms with Crippen molar-refractivity contribution >= 4 is 37.5 Å². The molecule has 0 aliphatic carbocycles. The van der Waals surface area contributed by atoms with Crippen molar-refractivity contribution in [3.8, 4) is 5.75 Å². The van der Waals surface area contributed by atoms with Crippen LogP contribution >= 0.6 is 27.3 Å². The SMILES string of the molecule is CCOc1ccc(Br)cc1C(c1nc2ccccc2s1)N1CCCNCC1. The average Bonchev–Trinajstić information content (AvgIpc) is 2.91. The van der Waals surface area contributed by atoms with Gasteiger partial charge in [0.25, 0.3) is 0 Å². The van der Waals surface area contributed by atoms with Gasteiger partial charge in [-0.25, -0.2) is 4.98 Å². The third kappa shape index (κ3) is 4.19. The van der Waals surface area contributed by atoms with E-state index in [1.54, 1.807) is 11.3 Å². The highest BCUT2D eigenvalue weighted by atomic mass is 79.9. The number of aromatic nitrogens is 1. The second-order valence-corrected chi connectivity index (χ2v) is 8.65. The van der Waals surface area contributed by atoms with Crippen LogP contribution in [0.1, 0.15) is 30.0 Å². The molecular weight excluding hydrogens is 422 g/mol. The van der Waals surface area contributed by atoms with E-state index in [9.17, 15) is 0 Å². The zero-order valence-electron chi connectivity index (χ0n) is 15.5. The van der Waals surface area contributed by atoms with Gasteiger partial charge in [0.05, 0.1) is 22.9 Å². The van der Waals surface area contributed by atoms with Crippen LogP contribution in [0.2, 0.25) is 0 Å². The van der Waals surface area contributed by atoms with Gasteiger partial charge < -0.3 is 10.1 Å². The Balaban J connectivity index is 1.84. The molecule has 3 aromatic rings.